The van der Waals surface area contributed by atoms with Gasteiger partial charge >= 0.3 is 0 Å². The van der Waals surface area contributed by atoms with Crippen LogP contribution in [0.2, 0.25) is 5.02 Å². The molecule has 1 N–H and O–H groups in total. The van der Waals surface area contributed by atoms with Gasteiger partial charge in [-0.1, -0.05) is 28.9 Å². The molecule has 1 aromatic carbocycles. The number of hydrogen-bond acceptors (Lipinski definition) is 3. The van der Waals surface area contributed by atoms with Crippen LogP contribution < -0.4 is 5.32 Å². The van der Waals surface area contributed by atoms with Crippen LogP contribution in [0.15, 0.2) is 34.9 Å². The van der Waals surface area contributed by atoms with Gasteiger partial charge in [-0.2, -0.15) is 0 Å². The van der Waals surface area contributed by atoms with E-state index in [0.717, 1.165) is 17.8 Å². The minimum absolute atomic E-state index is 0.593. The second-order valence-electron chi connectivity index (χ2n) is 4.38. The Hall–Kier alpha value is -1.59. The molecule has 106 valence electrons. The summed E-state index contributed by atoms with van der Waals surface area (Å²) in [4.78, 5) is 1.92. The van der Waals surface area contributed by atoms with Crippen molar-refractivity contribution in [3.63, 3.8) is 0 Å². The van der Waals surface area contributed by atoms with Gasteiger partial charge in [-0.15, -0.1) is 0 Å². The number of nitrogens with one attached hydrogen (secondary N) is 1. The van der Waals surface area contributed by atoms with Gasteiger partial charge < -0.3 is 14.7 Å². The summed E-state index contributed by atoms with van der Waals surface area (Å²) in [6, 6.07) is 9.38. The molecule has 0 atom stereocenters. The zero-order valence-corrected chi connectivity index (χ0v) is 13.0. The van der Waals surface area contributed by atoms with E-state index in [-0.39, 0.29) is 0 Å². The lowest BCUT2D eigenvalue weighted by atomic mass is 10.1. The van der Waals surface area contributed by atoms with E-state index in [9.17, 15) is 0 Å². The second-order valence-corrected chi connectivity index (χ2v) is 5.21. The highest BCUT2D eigenvalue weighted by Gasteiger charge is 2.10. The maximum atomic E-state index is 5.97. The van der Waals surface area contributed by atoms with Crippen molar-refractivity contribution in [3.8, 4) is 11.3 Å². The number of rotatable bonds is 4. The standard InChI is InChI=1S/C14H16ClN3OS/c1-3-16-14(20)18(2)9-12-8-13(19-17-12)10-5-4-6-11(15)7-10/h4-8H,3,9H2,1-2H3,(H,16,20). The third kappa shape index (κ3) is 3.71. The molecule has 0 saturated carbocycles. The molecule has 20 heavy (non-hydrogen) atoms. The predicted octanol–water partition coefficient (Wildman–Crippen LogP) is 3.32. The molecule has 0 saturated heterocycles. The minimum atomic E-state index is 0.593. The first kappa shape index (κ1) is 14.8. The van der Waals surface area contributed by atoms with Crippen molar-refractivity contribution in [2.75, 3.05) is 13.6 Å². The van der Waals surface area contributed by atoms with Gasteiger partial charge in [0.25, 0.3) is 0 Å². The molecule has 0 aliphatic heterocycles. The molecule has 2 rings (SSSR count). The lowest BCUT2D eigenvalue weighted by Crippen LogP contribution is -2.36. The third-order valence-electron chi connectivity index (χ3n) is 2.74. The van der Waals surface area contributed by atoms with Crippen LogP contribution in [0.1, 0.15) is 12.6 Å². The van der Waals surface area contributed by atoms with Crippen LogP contribution in [0.3, 0.4) is 0 Å². The number of nitrogens with zero attached hydrogens (tertiary/aromatic N) is 2. The fourth-order valence-electron chi connectivity index (χ4n) is 1.77. The number of thiocarbonyl (C=S) groups is 1. The van der Waals surface area contributed by atoms with Gasteiger partial charge in [-0.05, 0) is 31.3 Å². The number of halogens is 1. The maximum Gasteiger partial charge on any atom is 0.169 e. The van der Waals surface area contributed by atoms with Gasteiger partial charge in [0.05, 0.1) is 6.54 Å². The third-order valence-corrected chi connectivity index (χ3v) is 3.43. The first-order valence-corrected chi connectivity index (χ1v) is 7.09. The van der Waals surface area contributed by atoms with E-state index in [0.29, 0.717) is 22.4 Å². The normalized spacial score (nSPS) is 10.3. The molecule has 0 bridgehead atoms. The molecule has 1 heterocycles. The Balaban J connectivity index is 2.08. The van der Waals surface area contributed by atoms with Gasteiger partial charge in [0.2, 0.25) is 0 Å². The molecule has 0 aliphatic rings. The van der Waals surface area contributed by atoms with Crippen molar-refractivity contribution in [3.05, 3.63) is 41.0 Å². The summed E-state index contributed by atoms with van der Waals surface area (Å²) < 4.78 is 5.35. The van der Waals surface area contributed by atoms with Crippen molar-refractivity contribution in [1.82, 2.24) is 15.4 Å². The molecule has 0 fully saturated rings. The van der Waals surface area contributed by atoms with E-state index in [1.54, 1.807) is 0 Å². The highest BCUT2D eigenvalue weighted by atomic mass is 35.5. The lowest BCUT2D eigenvalue weighted by molar-refractivity contribution is 0.402. The molecular formula is C14H16ClN3OS. The van der Waals surface area contributed by atoms with E-state index < -0.39 is 0 Å². The molecule has 0 amide bonds. The van der Waals surface area contributed by atoms with E-state index >= 15 is 0 Å². The Bertz CT molecular complexity index is 600. The monoisotopic (exact) mass is 309 g/mol. The van der Waals surface area contributed by atoms with Gasteiger partial charge in [0, 0.05) is 30.2 Å². The van der Waals surface area contributed by atoms with Crippen molar-refractivity contribution in [2.45, 2.75) is 13.5 Å². The van der Waals surface area contributed by atoms with Crippen LogP contribution in [0.5, 0.6) is 0 Å². The van der Waals surface area contributed by atoms with Crippen LogP contribution in [-0.4, -0.2) is 28.8 Å². The van der Waals surface area contributed by atoms with Crippen LogP contribution in [0.25, 0.3) is 11.3 Å². The van der Waals surface area contributed by atoms with Crippen LogP contribution in [0.4, 0.5) is 0 Å². The van der Waals surface area contributed by atoms with Crippen molar-refractivity contribution < 1.29 is 4.52 Å². The Morgan fingerprint density at radius 2 is 2.25 bits per heavy atom. The quantitative estimate of drug-likeness (QED) is 0.877. The first-order valence-electron chi connectivity index (χ1n) is 6.30. The summed E-state index contributed by atoms with van der Waals surface area (Å²) in [5, 5.41) is 8.52. The fraction of sp³-hybridized carbons (Fsp3) is 0.286. The van der Waals surface area contributed by atoms with Gasteiger partial charge in [0.15, 0.2) is 10.9 Å². The van der Waals surface area contributed by atoms with E-state index in [4.69, 9.17) is 28.3 Å². The van der Waals surface area contributed by atoms with Crippen LogP contribution in [0, 0.1) is 0 Å². The predicted molar refractivity (Wildman–Crippen MR) is 84.7 cm³/mol. The largest absolute Gasteiger partial charge is 0.363 e. The molecule has 6 heteroatoms. The Morgan fingerprint density at radius 3 is 2.95 bits per heavy atom. The van der Waals surface area contributed by atoms with E-state index in [1.807, 2.05) is 49.2 Å². The molecule has 0 aliphatic carbocycles. The number of hydrogen-bond donors (Lipinski definition) is 1. The molecule has 0 spiro atoms. The number of aromatic nitrogens is 1. The summed E-state index contributed by atoms with van der Waals surface area (Å²) >= 11 is 11.2. The molecule has 4 nitrogen and oxygen atoms in total. The van der Waals surface area contributed by atoms with Gasteiger partial charge in [-0.25, -0.2) is 0 Å². The molecule has 0 radical (unpaired) electrons. The van der Waals surface area contributed by atoms with Crippen LogP contribution >= 0.6 is 23.8 Å². The van der Waals surface area contributed by atoms with Gasteiger partial charge in [-0.3, -0.25) is 0 Å². The topological polar surface area (TPSA) is 41.3 Å². The van der Waals surface area contributed by atoms with Crippen molar-refractivity contribution in [1.29, 1.82) is 0 Å². The Kier molecular flexibility index (Phi) is 4.98. The molecular weight excluding hydrogens is 294 g/mol. The maximum absolute atomic E-state index is 5.97. The summed E-state index contributed by atoms with van der Waals surface area (Å²) in [7, 11) is 1.92. The second kappa shape index (κ2) is 6.72. The summed E-state index contributed by atoms with van der Waals surface area (Å²) in [6.45, 7) is 3.40. The van der Waals surface area contributed by atoms with Gasteiger partial charge in [0.1, 0.15) is 5.69 Å². The first-order chi connectivity index (χ1) is 9.60. The Morgan fingerprint density at radius 1 is 1.45 bits per heavy atom. The van der Waals surface area contributed by atoms with E-state index in [2.05, 4.69) is 10.5 Å². The molecule has 0 unspecified atom stereocenters. The van der Waals surface area contributed by atoms with Crippen molar-refractivity contribution >= 4 is 28.9 Å². The Labute approximate surface area is 128 Å². The zero-order chi connectivity index (χ0) is 14.5. The molecule has 1 aromatic heterocycles. The van der Waals surface area contributed by atoms with Crippen LogP contribution in [-0.2, 0) is 6.54 Å². The average molecular weight is 310 g/mol. The average Bonchev–Trinajstić information content (AvgIpc) is 2.87. The SMILES string of the molecule is CCNC(=S)N(C)Cc1cc(-c2cccc(Cl)c2)on1. The summed E-state index contributed by atoms with van der Waals surface area (Å²) in [5.74, 6) is 0.699. The fourth-order valence-corrected chi connectivity index (χ4v) is 2.16. The van der Waals surface area contributed by atoms with E-state index in [1.165, 1.54) is 0 Å². The highest BCUT2D eigenvalue weighted by molar-refractivity contribution is 7.80. The minimum Gasteiger partial charge on any atom is -0.363 e. The highest BCUT2D eigenvalue weighted by Crippen LogP contribution is 2.23. The van der Waals surface area contributed by atoms with Crippen molar-refractivity contribution in [2.24, 2.45) is 0 Å². The summed E-state index contributed by atoms with van der Waals surface area (Å²) in [5.41, 5.74) is 1.73. The zero-order valence-electron chi connectivity index (χ0n) is 11.4. The summed E-state index contributed by atoms with van der Waals surface area (Å²) in [6.07, 6.45) is 0. The smallest absolute Gasteiger partial charge is 0.169 e. The lowest BCUT2D eigenvalue weighted by Gasteiger charge is -2.18. The molecule has 2 aromatic rings. The number of benzene rings is 1.